The molecule has 6 heteroatoms. The molecular formula is C10H9BrO5. The number of aromatic hydroxyl groups is 1. The first-order valence-electron chi connectivity index (χ1n) is 4.35. The van der Waals surface area contributed by atoms with Crippen LogP contribution in [0.5, 0.6) is 5.75 Å². The van der Waals surface area contributed by atoms with Crippen LogP contribution in [0.2, 0.25) is 0 Å². The fourth-order valence-electron chi connectivity index (χ4n) is 1.06. The second-order valence-electron chi connectivity index (χ2n) is 2.88. The van der Waals surface area contributed by atoms with Gasteiger partial charge in [0.15, 0.2) is 0 Å². The van der Waals surface area contributed by atoms with Crippen molar-refractivity contribution in [2.75, 3.05) is 13.2 Å². The zero-order valence-corrected chi connectivity index (χ0v) is 9.73. The topological polar surface area (TPSA) is 83.8 Å². The van der Waals surface area contributed by atoms with E-state index >= 15 is 0 Å². The van der Waals surface area contributed by atoms with Crippen LogP contribution in [0, 0.1) is 0 Å². The molecule has 0 saturated heterocycles. The maximum atomic E-state index is 11.4. The molecule has 16 heavy (non-hydrogen) atoms. The lowest BCUT2D eigenvalue weighted by Crippen LogP contribution is -2.09. The molecule has 0 saturated carbocycles. The summed E-state index contributed by atoms with van der Waals surface area (Å²) in [5.41, 5.74) is 0.116. The SMILES string of the molecule is O=Cc1cc(Br)c(O)c(C(=O)OCCO)c1. The van der Waals surface area contributed by atoms with Gasteiger partial charge in [0.2, 0.25) is 0 Å². The van der Waals surface area contributed by atoms with E-state index in [9.17, 15) is 14.7 Å². The molecule has 2 N–H and O–H groups in total. The van der Waals surface area contributed by atoms with Crippen LogP contribution in [0.25, 0.3) is 0 Å². The predicted molar refractivity (Wildman–Crippen MR) is 58.6 cm³/mol. The van der Waals surface area contributed by atoms with Crippen LogP contribution in [-0.2, 0) is 4.74 Å². The Hall–Kier alpha value is -1.40. The lowest BCUT2D eigenvalue weighted by atomic mass is 10.1. The van der Waals surface area contributed by atoms with Gasteiger partial charge in [-0.15, -0.1) is 0 Å². The van der Waals surface area contributed by atoms with E-state index in [4.69, 9.17) is 5.11 Å². The first-order valence-corrected chi connectivity index (χ1v) is 5.15. The Labute approximate surface area is 99.8 Å². The maximum absolute atomic E-state index is 11.4. The Kier molecular flexibility index (Phi) is 4.45. The summed E-state index contributed by atoms with van der Waals surface area (Å²) < 4.78 is 4.86. The van der Waals surface area contributed by atoms with E-state index in [0.29, 0.717) is 6.29 Å². The summed E-state index contributed by atoms with van der Waals surface area (Å²) in [6.45, 7) is -0.470. The molecule has 0 fully saturated rings. The second-order valence-corrected chi connectivity index (χ2v) is 3.73. The summed E-state index contributed by atoms with van der Waals surface area (Å²) in [6.07, 6.45) is 0.549. The number of carbonyl (C=O) groups excluding carboxylic acids is 2. The van der Waals surface area contributed by atoms with Crippen LogP contribution >= 0.6 is 15.9 Å². The lowest BCUT2D eigenvalue weighted by Gasteiger charge is -2.07. The van der Waals surface area contributed by atoms with E-state index < -0.39 is 5.97 Å². The van der Waals surface area contributed by atoms with Gasteiger partial charge in [-0.2, -0.15) is 0 Å². The Balaban J connectivity index is 3.06. The number of hydrogen-bond acceptors (Lipinski definition) is 5. The van der Waals surface area contributed by atoms with E-state index in [1.165, 1.54) is 12.1 Å². The van der Waals surface area contributed by atoms with Gasteiger partial charge in [-0.3, -0.25) is 4.79 Å². The van der Waals surface area contributed by atoms with Gasteiger partial charge in [0.25, 0.3) is 0 Å². The number of phenolic OH excluding ortho intramolecular Hbond substituents is 1. The van der Waals surface area contributed by atoms with Gasteiger partial charge in [-0.05, 0) is 28.1 Å². The van der Waals surface area contributed by atoms with Crippen molar-refractivity contribution in [1.82, 2.24) is 0 Å². The number of phenols is 1. The molecule has 0 spiro atoms. The Bertz CT molecular complexity index is 416. The van der Waals surface area contributed by atoms with Gasteiger partial charge in [0.1, 0.15) is 24.2 Å². The maximum Gasteiger partial charge on any atom is 0.342 e. The van der Waals surface area contributed by atoms with Crippen molar-refractivity contribution < 1.29 is 24.5 Å². The highest BCUT2D eigenvalue weighted by atomic mass is 79.9. The summed E-state index contributed by atoms with van der Waals surface area (Å²) in [6, 6.07) is 2.60. The van der Waals surface area contributed by atoms with Crippen molar-refractivity contribution in [2.45, 2.75) is 0 Å². The van der Waals surface area contributed by atoms with E-state index in [1.54, 1.807) is 0 Å². The van der Waals surface area contributed by atoms with Crippen molar-refractivity contribution in [1.29, 1.82) is 0 Å². The molecule has 0 atom stereocenters. The lowest BCUT2D eigenvalue weighted by molar-refractivity contribution is 0.0430. The van der Waals surface area contributed by atoms with Crippen LogP contribution in [-0.4, -0.2) is 35.7 Å². The summed E-state index contributed by atoms with van der Waals surface area (Å²) in [4.78, 5) is 22.0. The fraction of sp³-hybridized carbons (Fsp3) is 0.200. The van der Waals surface area contributed by atoms with E-state index in [2.05, 4.69) is 20.7 Å². The molecule has 0 aliphatic heterocycles. The van der Waals surface area contributed by atoms with Crippen molar-refractivity contribution in [3.05, 3.63) is 27.7 Å². The van der Waals surface area contributed by atoms with Crippen LogP contribution in [0.3, 0.4) is 0 Å². The number of esters is 1. The quantitative estimate of drug-likeness (QED) is 0.641. The first-order chi connectivity index (χ1) is 7.60. The van der Waals surface area contributed by atoms with Gasteiger partial charge in [0, 0.05) is 5.56 Å². The number of benzene rings is 1. The molecule has 0 aromatic heterocycles. The molecule has 0 aliphatic rings. The van der Waals surface area contributed by atoms with Crippen molar-refractivity contribution in [3.8, 4) is 5.75 Å². The van der Waals surface area contributed by atoms with E-state index in [-0.39, 0.29) is 34.6 Å². The molecule has 1 aromatic carbocycles. The highest BCUT2D eigenvalue weighted by Gasteiger charge is 2.16. The molecule has 0 heterocycles. The average molecular weight is 289 g/mol. The zero-order chi connectivity index (χ0) is 12.1. The number of hydrogen-bond donors (Lipinski definition) is 2. The molecule has 0 unspecified atom stereocenters. The number of rotatable bonds is 4. The van der Waals surface area contributed by atoms with Crippen LogP contribution < -0.4 is 0 Å². The number of halogens is 1. The van der Waals surface area contributed by atoms with Gasteiger partial charge in [0.05, 0.1) is 11.1 Å². The minimum absolute atomic E-state index is 0.120. The fourth-order valence-corrected chi connectivity index (χ4v) is 1.54. The summed E-state index contributed by atoms with van der Waals surface area (Å²) in [5, 5.41) is 18.0. The molecule has 5 nitrogen and oxygen atoms in total. The largest absolute Gasteiger partial charge is 0.506 e. The molecule has 0 radical (unpaired) electrons. The van der Waals surface area contributed by atoms with Crippen molar-refractivity contribution in [3.63, 3.8) is 0 Å². The monoisotopic (exact) mass is 288 g/mol. The summed E-state index contributed by atoms with van der Waals surface area (Å²) in [5.74, 6) is -1.09. The molecule has 1 rings (SSSR count). The van der Waals surface area contributed by atoms with Crippen molar-refractivity contribution >= 4 is 28.2 Å². The average Bonchev–Trinajstić information content (AvgIpc) is 2.29. The third kappa shape index (κ3) is 2.80. The Morgan fingerprint density at radius 2 is 2.19 bits per heavy atom. The van der Waals surface area contributed by atoms with E-state index in [1.807, 2.05) is 0 Å². The highest BCUT2D eigenvalue weighted by molar-refractivity contribution is 9.10. The molecule has 86 valence electrons. The standard InChI is InChI=1S/C10H9BrO5/c11-8-4-6(5-13)3-7(9(8)14)10(15)16-2-1-12/h3-5,12,14H,1-2H2. The Morgan fingerprint density at radius 1 is 1.50 bits per heavy atom. The third-order valence-corrected chi connectivity index (χ3v) is 2.37. The molecular weight excluding hydrogens is 280 g/mol. The highest BCUT2D eigenvalue weighted by Crippen LogP contribution is 2.29. The van der Waals surface area contributed by atoms with Crippen LogP contribution in [0.15, 0.2) is 16.6 Å². The van der Waals surface area contributed by atoms with Crippen LogP contribution in [0.4, 0.5) is 0 Å². The Morgan fingerprint density at radius 3 is 2.75 bits per heavy atom. The number of ether oxygens (including phenoxy) is 1. The smallest absolute Gasteiger partial charge is 0.342 e. The summed E-state index contributed by atoms with van der Waals surface area (Å²) >= 11 is 3.01. The van der Waals surface area contributed by atoms with Gasteiger partial charge in [-0.1, -0.05) is 0 Å². The van der Waals surface area contributed by atoms with Crippen LogP contribution in [0.1, 0.15) is 20.7 Å². The van der Waals surface area contributed by atoms with E-state index in [0.717, 1.165) is 0 Å². The van der Waals surface area contributed by atoms with Crippen molar-refractivity contribution in [2.24, 2.45) is 0 Å². The zero-order valence-electron chi connectivity index (χ0n) is 8.14. The molecule has 1 aromatic rings. The summed E-state index contributed by atoms with van der Waals surface area (Å²) in [7, 11) is 0. The molecule has 0 aliphatic carbocycles. The minimum atomic E-state index is -0.795. The first kappa shape index (κ1) is 12.7. The minimum Gasteiger partial charge on any atom is -0.506 e. The van der Waals surface area contributed by atoms with Gasteiger partial charge < -0.3 is 14.9 Å². The third-order valence-electron chi connectivity index (χ3n) is 1.77. The predicted octanol–water partition coefficient (Wildman–Crippen LogP) is 1.12. The number of carbonyl (C=O) groups is 2. The number of aliphatic hydroxyl groups excluding tert-OH is 1. The molecule has 0 bridgehead atoms. The van der Waals surface area contributed by atoms with Gasteiger partial charge >= 0.3 is 5.97 Å². The second kappa shape index (κ2) is 5.62. The number of aliphatic hydroxyl groups is 1. The number of aldehydes is 1. The molecule has 0 amide bonds. The van der Waals surface area contributed by atoms with Gasteiger partial charge in [-0.25, -0.2) is 4.79 Å². The normalized spacial score (nSPS) is 9.88.